The van der Waals surface area contributed by atoms with E-state index < -0.39 is 0 Å². The van der Waals surface area contributed by atoms with Crippen LogP contribution in [0.25, 0.3) is 0 Å². The minimum Gasteiger partial charge on any atom is -0.314 e. The molecule has 0 amide bonds. The molecule has 0 aromatic heterocycles. The van der Waals surface area contributed by atoms with Gasteiger partial charge in [-0.25, -0.2) is 0 Å². The first-order valence-corrected chi connectivity index (χ1v) is 6.83. The standard InChI is InChI=1S/C13H27N3/c1-4-14-13(11-5-6-11)9-12-10-15(2)7-8-16(12)3/h11-14H,4-10H2,1-3H3. The Kier molecular flexibility index (Phi) is 4.22. The molecule has 1 N–H and O–H groups in total. The monoisotopic (exact) mass is 225 g/mol. The summed E-state index contributed by atoms with van der Waals surface area (Å²) in [6, 6.07) is 1.52. The summed E-state index contributed by atoms with van der Waals surface area (Å²) in [5, 5.41) is 3.68. The highest BCUT2D eigenvalue weighted by Gasteiger charge is 2.34. The van der Waals surface area contributed by atoms with Crippen LogP contribution < -0.4 is 5.32 Å². The number of piperazine rings is 1. The summed E-state index contributed by atoms with van der Waals surface area (Å²) in [4.78, 5) is 5.02. The second-order valence-electron chi connectivity index (χ2n) is 5.63. The van der Waals surface area contributed by atoms with Crippen LogP contribution in [0.2, 0.25) is 0 Å². The van der Waals surface area contributed by atoms with Crippen molar-refractivity contribution in [3.63, 3.8) is 0 Å². The van der Waals surface area contributed by atoms with Crippen molar-refractivity contribution in [1.82, 2.24) is 15.1 Å². The van der Waals surface area contributed by atoms with Gasteiger partial charge in [0.25, 0.3) is 0 Å². The Morgan fingerprint density at radius 3 is 2.62 bits per heavy atom. The van der Waals surface area contributed by atoms with Gasteiger partial charge in [0.1, 0.15) is 0 Å². The van der Waals surface area contributed by atoms with Gasteiger partial charge in [0.05, 0.1) is 0 Å². The van der Waals surface area contributed by atoms with E-state index in [4.69, 9.17) is 0 Å². The molecule has 0 bridgehead atoms. The molecular formula is C13H27N3. The van der Waals surface area contributed by atoms with Crippen LogP contribution in [0.15, 0.2) is 0 Å². The van der Waals surface area contributed by atoms with E-state index in [2.05, 4.69) is 36.1 Å². The normalized spacial score (nSPS) is 30.6. The molecule has 0 spiro atoms. The second kappa shape index (κ2) is 5.48. The topological polar surface area (TPSA) is 18.5 Å². The third kappa shape index (κ3) is 3.19. The molecule has 0 aromatic carbocycles. The third-order valence-corrected chi connectivity index (χ3v) is 4.16. The van der Waals surface area contributed by atoms with E-state index in [-0.39, 0.29) is 0 Å². The third-order valence-electron chi connectivity index (χ3n) is 4.16. The molecule has 2 unspecified atom stereocenters. The molecule has 1 aliphatic carbocycles. The summed E-state index contributed by atoms with van der Waals surface area (Å²) < 4.78 is 0. The van der Waals surface area contributed by atoms with Crippen LogP contribution in [0.3, 0.4) is 0 Å². The van der Waals surface area contributed by atoms with Gasteiger partial charge < -0.3 is 15.1 Å². The van der Waals surface area contributed by atoms with Gasteiger partial charge in [-0.15, -0.1) is 0 Å². The summed E-state index contributed by atoms with van der Waals surface area (Å²) >= 11 is 0. The van der Waals surface area contributed by atoms with Gasteiger partial charge in [-0.3, -0.25) is 0 Å². The Hall–Kier alpha value is -0.120. The smallest absolute Gasteiger partial charge is 0.0235 e. The van der Waals surface area contributed by atoms with Gasteiger partial charge in [0, 0.05) is 31.7 Å². The molecule has 16 heavy (non-hydrogen) atoms. The zero-order valence-corrected chi connectivity index (χ0v) is 11.1. The molecule has 1 heterocycles. The second-order valence-corrected chi connectivity index (χ2v) is 5.63. The number of likely N-dealkylation sites (N-methyl/N-ethyl adjacent to an activating group) is 2. The van der Waals surface area contributed by atoms with Crippen molar-refractivity contribution in [2.75, 3.05) is 40.3 Å². The highest BCUT2D eigenvalue weighted by atomic mass is 15.3. The summed E-state index contributed by atoms with van der Waals surface area (Å²) in [5.74, 6) is 0.973. The molecule has 2 atom stereocenters. The zero-order chi connectivity index (χ0) is 11.5. The molecule has 3 heteroatoms. The Morgan fingerprint density at radius 1 is 1.25 bits per heavy atom. The lowest BCUT2D eigenvalue weighted by atomic mass is 10.00. The van der Waals surface area contributed by atoms with Crippen LogP contribution in [-0.4, -0.2) is 62.2 Å². The lowest BCUT2D eigenvalue weighted by Crippen LogP contribution is -2.52. The van der Waals surface area contributed by atoms with Crippen LogP contribution in [0.5, 0.6) is 0 Å². The predicted octanol–water partition coefficient (Wildman–Crippen LogP) is 1.01. The van der Waals surface area contributed by atoms with E-state index in [1.54, 1.807) is 0 Å². The Labute approximate surface area is 100 Å². The molecular weight excluding hydrogens is 198 g/mol. The van der Waals surface area contributed by atoms with Crippen LogP contribution in [-0.2, 0) is 0 Å². The summed E-state index contributed by atoms with van der Waals surface area (Å²) in [7, 11) is 4.53. The molecule has 0 radical (unpaired) electrons. The van der Waals surface area contributed by atoms with Crippen LogP contribution in [0.4, 0.5) is 0 Å². The van der Waals surface area contributed by atoms with Crippen LogP contribution in [0.1, 0.15) is 26.2 Å². The lowest BCUT2D eigenvalue weighted by molar-refractivity contribution is 0.0990. The van der Waals surface area contributed by atoms with E-state index in [0.717, 1.165) is 24.5 Å². The highest BCUT2D eigenvalue weighted by molar-refractivity contribution is 4.91. The van der Waals surface area contributed by atoms with Crippen molar-refractivity contribution in [2.24, 2.45) is 5.92 Å². The number of nitrogens with one attached hydrogen (secondary N) is 1. The maximum absolute atomic E-state index is 3.68. The molecule has 2 rings (SSSR count). The minimum atomic E-state index is 0.753. The highest BCUT2D eigenvalue weighted by Crippen LogP contribution is 2.35. The predicted molar refractivity (Wildman–Crippen MR) is 68.7 cm³/mol. The molecule has 2 aliphatic rings. The van der Waals surface area contributed by atoms with Crippen LogP contribution in [0, 0.1) is 5.92 Å². The Balaban J connectivity index is 1.84. The Morgan fingerprint density at radius 2 is 2.00 bits per heavy atom. The quantitative estimate of drug-likeness (QED) is 0.753. The van der Waals surface area contributed by atoms with Crippen molar-refractivity contribution in [2.45, 2.75) is 38.3 Å². The first-order chi connectivity index (χ1) is 7.70. The molecule has 94 valence electrons. The average Bonchev–Trinajstić information content (AvgIpc) is 3.06. The van der Waals surface area contributed by atoms with Crippen molar-refractivity contribution >= 4 is 0 Å². The number of hydrogen-bond acceptors (Lipinski definition) is 3. The lowest BCUT2D eigenvalue weighted by Gasteiger charge is -2.39. The fourth-order valence-corrected chi connectivity index (χ4v) is 2.85. The number of nitrogens with zero attached hydrogens (tertiary/aromatic N) is 2. The van der Waals surface area contributed by atoms with Gasteiger partial charge in [0.15, 0.2) is 0 Å². The number of rotatable bonds is 5. The van der Waals surface area contributed by atoms with E-state index >= 15 is 0 Å². The van der Waals surface area contributed by atoms with Crippen molar-refractivity contribution in [3.8, 4) is 0 Å². The Bertz CT molecular complexity index is 215. The maximum Gasteiger partial charge on any atom is 0.0235 e. The van der Waals surface area contributed by atoms with E-state index in [9.17, 15) is 0 Å². The first-order valence-electron chi connectivity index (χ1n) is 6.83. The fraction of sp³-hybridized carbons (Fsp3) is 1.00. The zero-order valence-electron chi connectivity index (χ0n) is 11.1. The summed E-state index contributed by atoms with van der Waals surface area (Å²) in [6.45, 7) is 7.04. The van der Waals surface area contributed by atoms with Gasteiger partial charge in [0.2, 0.25) is 0 Å². The molecule has 1 saturated heterocycles. The van der Waals surface area contributed by atoms with Gasteiger partial charge in [-0.1, -0.05) is 6.92 Å². The molecule has 0 aromatic rings. The van der Waals surface area contributed by atoms with Gasteiger partial charge in [-0.05, 0) is 45.8 Å². The van der Waals surface area contributed by atoms with Crippen molar-refractivity contribution < 1.29 is 0 Å². The largest absolute Gasteiger partial charge is 0.314 e. The molecule has 1 saturated carbocycles. The number of hydrogen-bond donors (Lipinski definition) is 1. The van der Waals surface area contributed by atoms with E-state index in [1.807, 2.05) is 0 Å². The summed E-state index contributed by atoms with van der Waals surface area (Å²) in [5.41, 5.74) is 0. The molecule has 1 aliphatic heterocycles. The van der Waals surface area contributed by atoms with Crippen molar-refractivity contribution in [3.05, 3.63) is 0 Å². The minimum absolute atomic E-state index is 0.753. The van der Waals surface area contributed by atoms with E-state index in [0.29, 0.717) is 0 Å². The van der Waals surface area contributed by atoms with Crippen LogP contribution >= 0.6 is 0 Å². The SMILES string of the molecule is CCNC(CC1CN(C)CCN1C)C1CC1. The van der Waals surface area contributed by atoms with Gasteiger partial charge >= 0.3 is 0 Å². The maximum atomic E-state index is 3.68. The van der Waals surface area contributed by atoms with Gasteiger partial charge in [-0.2, -0.15) is 0 Å². The van der Waals surface area contributed by atoms with Crippen molar-refractivity contribution in [1.29, 1.82) is 0 Å². The first kappa shape index (κ1) is 12.3. The van der Waals surface area contributed by atoms with E-state index in [1.165, 1.54) is 38.9 Å². The molecule has 3 nitrogen and oxygen atoms in total. The summed E-state index contributed by atoms with van der Waals surface area (Å²) in [6.07, 6.45) is 4.23. The molecule has 2 fully saturated rings. The average molecular weight is 225 g/mol. The fourth-order valence-electron chi connectivity index (χ4n) is 2.85.